The van der Waals surface area contributed by atoms with Crippen molar-refractivity contribution in [2.24, 2.45) is 0 Å². The Hall–Kier alpha value is -3.02. The lowest BCUT2D eigenvalue weighted by atomic mass is 10.2. The fourth-order valence-corrected chi connectivity index (χ4v) is 2.64. The monoisotopic (exact) mass is 327 g/mol. The molecule has 1 saturated heterocycles. The zero-order valence-corrected chi connectivity index (χ0v) is 13.1. The van der Waals surface area contributed by atoms with Crippen LogP contribution in [0, 0.1) is 0 Å². The first-order valence-electron chi connectivity index (χ1n) is 7.54. The fourth-order valence-electron chi connectivity index (χ4n) is 2.64. The molecule has 1 N–H and O–H groups in total. The normalized spacial score (nSPS) is 17.0. The van der Waals surface area contributed by atoms with Gasteiger partial charge in [-0.05, 0) is 42.5 Å². The van der Waals surface area contributed by atoms with Crippen LogP contribution in [0.4, 0.5) is 5.69 Å². The zero-order valence-electron chi connectivity index (χ0n) is 13.1. The van der Waals surface area contributed by atoms with Gasteiger partial charge in [-0.15, -0.1) is 0 Å². The van der Waals surface area contributed by atoms with Crippen LogP contribution in [0.5, 0.6) is 11.5 Å². The van der Waals surface area contributed by atoms with Gasteiger partial charge in [0.2, 0.25) is 0 Å². The van der Waals surface area contributed by atoms with Crippen LogP contribution in [0.1, 0.15) is 16.8 Å². The van der Waals surface area contributed by atoms with Gasteiger partial charge in [-0.3, -0.25) is 4.79 Å². The van der Waals surface area contributed by atoms with E-state index in [-0.39, 0.29) is 11.5 Å². The van der Waals surface area contributed by atoms with Crippen molar-refractivity contribution >= 4 is 17.6 Å². The largest absolute Gasteiger partial charge is 0.497 e. The summed E-state index contributed by atoms with van der Waals surface area (Å²) < 4.78 is 10.8. The van der Waals surface area contributed by atoms with Gasteiger partial charge in [0.05, 0.1) is 12.7 Å². The van der Waals surface area contributed by atoms with Crippen molar-refractivity contribution in [3.8, 4) is 11.5 Å². The number of hydrogen-bond acceptors (Lipinski definition) is 4. The smallest absolute Gasteiger partial charge is 0.335 e. The van der Waals surface area contributed by atoms with Crippen LogP contribution < -0.4 is 14.4 Å². The van der Waals surface area contributed by atoms with Gasteiger partial charge in [0, 0.05) is 18.7 Å². The Bertz CT molecular complexity index is 756. The third-order valence-corrected chi connectivity index (χ3v) is 3.90. The van der Waals surface area contributed by atoms with E-state index in [0.29, 0.717) is 30.2 Å². The summed E-state index contributed by atoms with van der Waals surface area (Å²) in [6.45, 7) is 0.489. The molecule has 24 heavy (non-hydrogen) atoms. The van der Waals surface area contributed by atoms with Crippen LogP contribution in [0.25, 0.3) is 0 Å². The summed E-state index contributed by atoms with van der Waals surface area (Å²) in [6.07, 6.45) is -0.0332. The van der Waals surface area contributed by atoms with E-state index in [1.165, 1.54) is 12.1 Å². The molecule has 1 amide bonds. The lowest BCUT2D eigenvalue weighted by Gasteiger charge is -2.17. The zero-order chi connectivity index (χ0) is 17.1. The number of ether oxygens (including phenoxy) is 2. The average molecular weight is 327 g/mol. The van der Waals surface area contributed by atoms with E-state index in [1.807, 2.05) is 0 Å². The second-order valence-electron chi connectivity index (χ2n) is 5.42. The lowest BCUT2D eigenvalue weighted by molar-refractivity contribution is -0.122. The van der Waals surface area contributed by atoms with Gasteiger partial charge in [0.25, 0.3) is 5.91 Å². The van der Waals surface area contributed by atoms with E-state index in [9.17, 15) is 9.59 Å². The number of benzene rings is 2. The van der Waals surface area contributed by atoms with Crippen molar-refractivity contribution in [3.63, 3.8) is 0 Å². The molecule has 0 spiro atoms. The van der Waals surface area contributed by atoms with Gasteiger partial charge >= 0.3 is 5.97 Å². The van der Waals surface area contributed by atoms with Crippen LogP contribution in [0.15, 0.2) is 48.5 Å². The number of nitrogens with zero attached hydrogens (tertiary/aromatic N) is 1. The molecule has 1 aliphatic heterocycles. The van der Waals surface area contributed by atoms with Gasteiger partial charge in [-0.1, -0.05) is 6.07 Å². The Balaban J connectivity index is 1.72. The number of carbonyl (C=O) groups excluding carboxylic acids is 1. The van der Waals surface area contributed by atoms with E-state index in [4.69, 9.17) is 14.6 Å². The van der Waals surface area contributed by atoms with Gasteiger partial charge in [-0.25, -0.2) is 4.79 Å². The Morgan fingerprint density at radius 1 is 1.17 bits per heavy atom. The van der Waals surface area contributed by atoms with Gasteiger partial charge in [0.1, 0.15) is 11.5 Å². The number of carboxylic acid groups (broad SMARTS) is 1. The number of carbonyl (C=O) groups is 2. The highest BCUT2D eigenvalue weighted by Crippen LogP contribution is 2.26. The molecule has 6 nitrogen and oxygen atoms in total. The molecule has 3 rings (SSSR count). The first-order chi connectivity index (χ1) is 11.6. The van der Waals surface area contributed by atoms with E-state index in [0.717, 1.165) is 0 Å². The van der Waals surface area contributed by atoms with E-state index in [1.54, 1.807) is 48.4 Å². The van der Waals surface area contributed by atoms with Gasteiger partial charge < -0.3 is 19.5 Å². The second kappa shape index (κ2) is 6.62. The minimum absolute atomic E-state index is 0.153. The van der Waals surface area contributed by atoms with E-state index in [2.05, 4.69) is 0 Å². The summed E-state index contributed by atoms with van der Waals surface area (Å²) >= 11 is 0. The van der Waals surface area contributed by atoms with Crippen LogP contribution in [0.3, 0.4) is 0 Å². The predicted molar refractivity (Wildman–Crippen MR) is 87.8 cm³/mol. The number of anilines is 1. The lowest BCUT2D eigenvalue weighted by Crippen LogP contribution is -2.32. The Morgan fingerprint density at radius 2 is 1.88 bits per heavy atom. The number of rotatable bonds is 5. The van der Waals surface area contributed by atoms with Gasteiger partial charge in [-0.2, -0.15) is 0 Å². The molecule has 6 heteroatoms. The van der Waals surface area contributed by atoms with Crippen molar-refractivity contribution in [3.05, 3.63) is 54.1 Å². The van der Waals surface area contributed by atoms with E-state index >= 15 is 0 Å². The molecule has 0 saturated carbocycles. The predicted octanol–water partition coefficient (Wildman–Crippen LogP) is 2.58. The summed E-state index contributed by atoms with van der Waals surface area (Å²) in [5.74, 6) is 0.116. The van der Waals surface area contributed by atoms with Crippen molar-refractivity contribution in [1.82, 2.24) is 0 Å². The highest BCUT2D eigenvalue weighted by molar-refractivity contribution is 6.00. The number of amides is 1. The summed E-state index contributed by atoms with van der Waals surface area (Å²) in [7, 11) is 1.58. The number of carboxylic acids is 1. The maximum absolute atomic E-state index is 12.5. The minimum Gasteiger partial charge on any atom is -0.497 e. The van der Waals surface area contributed by atoms with Crippen LogP contribution in [0.2, 0.25) is 0 Å². The number of hydrogen-bond donors (Lipinski definition) is 1. The molecule has 0 aromatic heterocycles. The fraction of sp³-hybridized carbons (Fsp3) is 0.222. The molecular formula is C18H17NO5. The SMILES string of the molecule is COc1ccc(OC2CCN(c3cccc(C(=O)O)c3)C2=O)cc1. The maximum Gasteiger partial charge on any atom is 0.335 e. The Morgan fingerprint density at radius 3 is 2.54 bits per heavy atom. The molecule has 2 aromatic carbocycles. The highest BCUT2D eigenvalue weighted by atomic mass is 16.5. The molecule has 124 valence electrons. The average Bonchev–Trinajstić information content (AvgIpc) is 2.96. The summed E-state index contributed by atoms with van der Waals surface area (Å²) in [5, 5.41) is 9.07. The van der Waals surface area contributed by atoms with Crippen molar-refractivity contribution in [1.29, 1.82) is 0 Å². The molecule has 0 radical (unpaired) electrons. The molecule has 2 aromatic rings. The first kappa shape index (κ1) is 15.9. The van der Waals surface area contributed by atoms with E-state index < -0.39 is 12.1 Å². The van der Waals surface area contributed by atoms with Crippen LogP contribution >= 0.6 is 0 Å². The standard InChI is InChI=1S/C18H17NO5/c1-23-14-5-7-15(8-6-14)24-16-9-10-19(17(16)20)13-4-2-3-12(11-13)18(21)22/h2-8,11,16H,9-10H2,1H3,(H,21,22). The van der Waals surface area contributed by atoms with Crippen LogP contribution in [-0.2, 0) is 4.79 Å². The molecule has 1 atom stereocenters. The third-order valence-electron chi connectivity index (χ3n) is 3.90. The number of methoxy groups -OCH3 is 1. The summed E-state index contributed by atoms with van der Waals surface area (Å²) in [5.41, 5.74) is 0.723. The highest BCUT2D eigenvalue weighted by Gasteiger charge is 2.34. The minimum atomic E-state index is -1.02. The number of aromatic carboxylic acids is 1. The summed E-state index contributed by atoms with van der Waals surface area (Å²) in [4.78, 5) is 25.2. The summed E-state index contributed by atoms with van der Waals surface area (Å²) in [6, 6.07) is 13.4. The molecule has 1 unspecified atom stereocenters. The molecular weight excluding hydrogens is 310 g/mol. The van der Waals surface area contributed by atoms with Crippen molar-refractivity contribution in [2.75, 3.05) is 18.6 Å². The topological polar surface area (TPSA) is 76.1 Å². The first-order valence-corrected chi connectivity index (χ1v) is 7.54. The maximum atomic E-state index is 12.5. The second-order valence-corrected chi connectivity index (χ2v) is 5.42. The third kappa shape index (κ3) is 3.17. The van der Waals surface area contributed by atoms with Gasteiger partial charge in [0.15, 0.2) is 6.10 Å². The molecule has 0 bridgehead atoms. The molecule has 1 fully saturated rings. The Labute approximate surface area is 139 Å². The molecule has 1 heterocycles. The Kier molecular flexibility index (Phi) is 4.37. The molecule has 0 aliphatic carbocycles. The van der Waals surface area contributed by atoms with Crippen molar-refractivity contribution < 1.29 is 24.2 Å². The van der Waals surface area contributed by atoms with Crippen LogP contribution in [-0.4, -0.2) is 36.7 Å². The molecule has 1 aliphatic rings. The van der Waals surface area contributed by atoms with Crippen molar-refractivity contribution in [2.45, 2.75) is 12.5 Å². The quantitative estimate of drug-likeness (QED) is 0.913.